The van der Waals surface area contributed by atoms with Crippen molar-refractivity contribution in [2.24, 2.45) is 0 Å². The van der Waals surface area contributed by atoms with Crippen LogP contribution in [-0.2, 0) is 9.53 Å². The van der Waals surface area contributed by atoms with Crippen LogP contribution in [0.2, 0.25) is 0 Å². The minimum absolute atomic E-state index is 0.0549. The van der Waals surface area contributed by atoms with Gasteiger partial charge in [0.1, 0.15) is 4.08 Å². The van der Waals surface area contributed by atoms with E-state index in [9.17, 15) is 4.79 Å². The number of hydrogen-bond acceptors (Lipinski definition) is 4. The standard InChI is InChI=1S/C13H14O2S2/c14-11-9-13(16-7-4-8-17-13)12(15-11)10-5-2-1-3-6-10/h1-3,5-6,12H,4,7-9H2. The van der Waals surface area contributed by atoms with Crippen molar-refractivity contribution in [3.8, 4) is 0 Å². The van der Waals surface area contributed by atoms with Crippen LogP contribution in [0.4, 0.5) is 0 Å². The average molecular weight is 266 g/mol. The SMILES string of the molecule is O=C1CC2(SCCCS2)C(c2ccccc2)O1. The van der Waals surface area contributed by atoms with Gasteiger partial charge in [-0.1, -0.05) is 30.3 Å². The van der Waals surface area contributed by atoms with Crippen molar-refractivity contribution in [2.45, 2.75) is 23.0 Å². The molecule has 0 saturated carbocycles. The second-order valence-corrected chi connectivity index (χ2v) is 7.43. The van der Waals surface area contributed by atoms with E-state index in [1.54, 1.807) is 0 Å². The van der Waals surface area contributed by atoms with Crippen LogP contribution in [0.3, 0.4) is 0 Å². The van der Waals surface area contributed by atoms with Gasteiger partial charge in [-0.3, -0.25) is 4.79 Å². The second kappa shape index (κ2) is 4.58. The molecule has 0 amide bonds. The van der Waals surface area contributed by atoms with E-state index in [1.807, 2.05) is 41.7 Å². The molecule has 0 bridgehead atoms. The van der Waals surface area contributed by atoms with Gasteiger partial charge in [0, 0.05) is 0 Å². The third-order valence-corrected chi connectivity index (χ3v) is 6.51. The summed E-state index contributed by atoms with van der Waals surface area (Å²) in [5.74, 6) is 2.21. The van der Waals surface area contributed by atoms with Gasteiger partial charge in [-0.15, -0.1) is 23.5 Å². The van der Waals surface area contributed by atoms with Crippen LogP contribution in [-0.4, -0.2) is 21.6 Å². The maximum atomic E-state index is 11.7. The summed E-state index contributed by atoms with van der Waals surface area (Å²) in [6.45, 7) is 0. The fourth-order valence-corrected chi connectivity index (χ4v) is 5.75. The number of carbonyl (C=O) groups excluding carboxylic acids is 1. The normalized spacial score (nSPS) is 27.1. The smallest absolute Gasteiger partial charge is 0.308 e. The lowest BCUT2D eigenvalue weighted by molar-refractivity contribution is -0.141. The van der Waals surface area contributed by atoms with E-state index >= 15 is 0 Å². The van der Waals surface area contributed by atoms with Gasteiger partial charge in [0.05, 0.1) is 6.42 Å². The Bertz CT molecular complexity index is 413. The van der Waals surface area contributed by atoms with Crippen LogP contribution in [0.15, 0.2) is 30.3 Å². The molecule has 2 nitrogen and oxygen atoms in total. The fourth-order valence-electron chi connectivity index (χ4n) is 2.35. The summed E-state index contributed by atoms with van der Waals surface area (Å²) in [4.78, 5) is 11.7. The average Bonchev–Trinajstić information content (AvgIpc) is 2.68. The Balaban J connectivity index is 1.94. The largest absolute Gasteiger partial charge is 0.455 e. The number of carbonyl (C=O) groups is 1. The van der Waals surface area contributed by atoms with Gasteiger partial charge in [-0.05, 0) is 23.5 Å². The molecule has 3 rings (SSSR count). The van der Waals surface area contributed by atoms with Crippen LogP contribution in [0.5, 0.6) is 0 Å². The monoisotopic (exact) mass is 266 g/mol. The van der Waals surface area contributed by atoms with Crippen LogP contribution in [0.25, 0.3) is 0 Å². The minimum Gasteiger partial charge on any atom is -0.455 e. The summed E-state index contributed by atoms with van der Waals surface area (Å²) >= 11 is 3.79. The van der Waals surface area contributed by atoms with E-state index < -0.39 is 0 Å². The van der Waals surface area contributed by atoms with Crippen molar-refractivity contribution in [3.05, 3.63) is 35.9 Å². The Morgan fingerprint density at radius 3 is 2.59 bits per heavy atom. The summed E-state index contributed by atoms with van der Waals surface area (Å²) in [5, 5.41) is 0. The third kappa shape index (κ3) is 2.08. The number of esters is 1. The molecule has 2 heterocycles. The van der Waals surface area contributed by atoms with Gasteiger partial charge in [0.15, 0.2) is 6.10 Å². The van der Waals surface area contributed by atoms with Crippen molar-refractivity contribution in [1.82, 2.24) is 0 Å². The Morgan fingerprint density at radius 2 is 1.88 bits per heavy atom. The molecule has 0 aromatic heterocycles. The molecule has 2 saturated heterocycles. The zero-order chi connectivity index (χ0) is 11.7. The molecule has 2 aliphatic heterocycles. The molecule has 0 N–H and O–H groups in total. The molecule has 1 atom stereocenters. The first-order valence-electron chi connectivity index (χ1n) is 5.82. The summed E-state index contributed by atoms with van der Waals surface area (Å²) in [7, 11) is 0. The van der Waals surface area contributed by atoms with Crippen molar-refractivity contribution >= 4 is 29.5 Å². The maximum Gasteiger partial charge on any atom is 0.308 e. The van der Waals surface area contributed by atoms with Crippen LogP contribution < -0.4 is 0 Å². The minimum atomic E-state index is -0.0773. The highest BCUT2D eigenvalue weighted by Crippen LogP contribution is 2.57. The van der Waals surface area contributed by atoms with Crippen molar-refractivity contribution < 1.29 is 9.53 Å². The van der Waals surface area contributed by atoms with Crippen molar-refractivity contribution in [2.75, 3.05) is 11.5 Å². The molecular formula is C13H14O2S2. The van der Waals surface area contributed by atoms with E-state index in [1.165, 1.54) is 6.42 Å². The highest BCUT2D eigenvalue weighted by Gasteiger charge is 2.51. The predicted octanol–water partition coefficient (Wildman–Crippen LogP) is 3.24. The van der Waals surface area contributed by atoms with Gasteiger partial charge in [0.2, 0.25) is 0 Å². The number of rotatable bonds is 1. The van der Waals surface area contributed by atoms with Gasteiger partial charge < -0.3 is 4.74 Å². The van der Waals surface area contributed by atoms with Gasteiger partial charge >= 0.3 is 5.97 Å². The quantitative estimate of drug-likeness (QED) is 0.729. The summed E-state index contributed by atoms with van der Waals surface area (Å²) in [5.41, 5.74) is 1.13. The molecule has 2 aliphatic rings. The molecule has 90 valence electrons. The van der Waals surface area contributed by atoms with Gasteiger partial charge in [0.25, 0.3) is 0 Å². The lowest BCUT2D eigenvalue weighted by Gasteiger charge is -2.34. The van der Waals surface area contributed by atoms with Crippen LogP contribution in [0, 0.1) is 0 Å². The predicted molar refractivity (Wildman–Crippen MR) is 72.2 cm³/mol. The summed E-state index contributed by atoms with van der Waals surface area (Å²) in [6, 6.07) is 10.1. The zero-order valence-corrected chi connectivity index (χ0v) is 11.1. The van der Waals surface area contributed by atoms with E-state index in [0.717, 1.165) is 17.1 Å². The molecule has 0 aliphatic carbocycles. The topological polar surface area (TPSA) is 26.3 Å². The molecule has 4 heteroatoms. The zero-order valence-electron chi connectivity index (χ0n) is 9.43. The number of ether oxygens (including phenoxy) is 1. The molecular weight excluding hydrogens is 252 g/mol. The molecule has 2 fully saturated rings. The van der Waals surface area contributed by atoms with Gasteiger partial charge in [-0.25, -0.2) is 0 Å². The first-order chi connectivity index (χ1) is 8.30. The van der Waals surface area contributed by atoms with Gasteiger partial charge in [-0.2, -0.15) is 0 Å². The van der Waals surface area contributed by atoms with Crippen molar-refractivity contribution in [1.29, 1.82) is 0 Å². The number of hydrogen-bond donors (Lipinski definition) is 0. The van der Waals surface area contributed by atoms with Crippen LogP contribution in [0.1, 0.15) is 24.5 Å². The highest BCUT2D eigenvalue weighted by molar-refractivity contribution is 8.18. The summed E-state index contributed by atoms with van der Waals surface area (Å²) in [6.07, 6.45) is 1.70. The lowest BCUT2D eigenvalue weighted by atomic mass is 10.1. The molecule has 1 aromatic rings. The van der Waals surface area contributed by atoms with E-state index in [2.05, 4.69) is 12.1 Å². The number of thioether (sulfide) groups is 2. The Hall–Kier alpha value is -0.610. The first-order valence-corrected chi connectivity index (χ1v) is 7.80. The molecule has 17 heavy (non-hydrogen) atoms. The number of benzene rings is 1. The lowest BCUT2D eigenvalue weighted by Crippen LogP contribution is -2.28. The third-order valence-electron chi connectivity index (χ3n) is 3.12. The van der Waals surface area contributed by atoms with Crippen LogP contribution >= 0.6 is 23.5 Å². The maximum absolute atomic E-state index is 11.7. The highest BCUT2D eigenvalue weighted by atomic mass is 32.2. The molecule has 1 spiro atoms. The first kappa shape index (κ1) is 11.5. The fraction of sp³-hybridized carbons (Fsp3) is 0.462. The molecule has 0 radical (unpaired) electrons. The Labute approximate surface area is 109 Å². The van der Waals surface area contributed by atoms with E-state index in [-0.39, 0.29) is 16.2 Å². The second-order valence-electron chi connectivity index (χ2n) is 4.32. The molecule has 1 unspecified atom stereocenters. The molecule has 1 aromatic carbocycles. The summed E-state index contributed by atoms with van der Waals surface area (Å²) < 4.78 is 5.49. The van der Waals surface area contributed by atoms with Crippen molar-refractivity contribution in [3.63, 3.8) is 0 Å². The van der Waals surface area contributed by atoms with E-state index in [0.29, 0.717) is 6.42 Å². The Kier molecular flexibility index (Phi) is 3.09. The van der Waals surface area contributed by atoms with E-state index in [4.69, 9.17) is 4.74 Å². The number of cyclic esters (lactones) is 1. The Morgan fingerprint density at radius 1 is 1.18 bits per heavy atom.